The summed E-state index contributed by atoms with van der Waals surface area (Å²) in [6.07, 6.45) is 0. The molecule has 0 aliphatic rings. The average molecular weight is 547 g/mol. The molecule has 118 valence electrons. The van der Waals surface area contributed by atoms with Crippen molar-refractivity contribution in [2.45, 2.75) is 13.8 Å². The molecule has 7 heteroatoms. The van der Waals surface area contributed by atoms with Gasteiger partial charge in [-0.1, -0.05) is 47.5 Å². The van der Waals surface area contributed by atoms with Crippen LogP contribution in [0.3, 0.4) is 0 Å². The molecule has 0 atom stereocenters. The first-order chi connectivity index (χ1) is 9.81. The summed E-state index contributed by atoms with van der Waals surface area (Å²) in [6.45, 7) is 3.90. The second-order valence-corrected chi connectivity index (χ2v) is 8.11. The normalized spacial score (nSPS) is 9.24. The minimum absolute atomic E-state index is 0.391. The van der Waals surface area contributed by atoms with Gasteiger partial charge in [0.2, 0.25) is 0 Å². The van der Waals surface area contributed by atoms with Crippen LogP contribution < -0.4 is 0 Å². The SMILES string of the molecule is Cc1ccc([NH-])c(Cl)c1.Cc1ccc([NH-])c(Cl)c1.[Cl][Pt+2][Cl]. The molecule has 2 rings (SSSR count). The Morgan fingerprint density at radius 3 is 1.24 bits per heavy atom. The van der Waals surface area contributed by atoms with Crippen molar-refractivity contribution >= 4 is 53.4 Å². The number of hydrogen-bond acceptors (Lipinski definition) is 0. The molecule has 0 bridgehead atoms. The van der Waals surface area contributed by atoms with Gasteiger partial charge < -0.3 is 11.5 Å². The summed E-state index contributed by atoms with van der Waals surface area (Å²) in [7, 11) is 9.75. The zero-order chi connectivity index (χ0) is 16.4. The average Bonchev–Trinajstić information content (AvgIpc) is 2.41. The van der Waals surface area contributed by atoms with Crippen molar-refractivity contribution in [3.63, 3.8) is 0 Å². The van der Waals surface area contributed by atoms with Crippen molar-refractivity contribution in [3.05, 3.63) is 69.0 Å². The number of halogens is 4. The second kappa shape index (κ2) is 11.5. The molecular formula is C14H14Cl4N2Pt. The Bertz CT molecular complexity index is 515. The van der Waals surface area contributed by atoms with Crippen LogP contribution in [0.4, 0.5) is 11.4 Å². The first kappa shape index (κ1) is 20.9. The fourth-order valence-electron chi connectivity index (χ4n) is 1.24. The Balaban J connectivity index is 0.000000322. The summed E-state index contributed by atoms with van der Waals surface area (Å²) in [4.78, 5) is 0. The van der Waals surface area contributed by atoms with E-state index in [1.807, 2.05) is 26.0 Å². The van der Waals surface area contributed by atoms with Gasteiger partial charge in [0, 0.05) is 10.0 Å². The summed E-state index contributed by atoms with van der Waals surface area (Å²) in [6, 6.07) is 10.7. The van der Waals surface area contributed by atoms with Gasteiger partial charge in [0.25, 0.3) is 0 Å². The van der Waals surface area contributed by atoms with Crippen LogP contribution in [0.1, 0.15) is 11.1 Å². The summed E-state index contributed by atoms with van der Waals surface area (Å²) >= 11 is 10.8. The first-order valence-corrected chi connectivity index (χ1v) is 12.0. The Hall–Kier alpha value is -0.112. The summed E-state index contributed by atoms with van der Waals surface area (Å²) in [5.41, 5.74) is 17.3. The summed E-state index contributed by atoms with van der Waals surface area (Å²) < 4.78 is 0. The Kier molecular flexibility index (Phi) is 11.4. The molecule has 21 heavy (non-hydrogen) atoms. The van der Waals surface area contributed by atoms with E-state index < -0.39 is 16.5 Å². The Morgan fingerprint density at radius 2 is 1.05 bits per heavy atom. The zero-order valence-electron chi connectivity index (χ0n) is 11.3. The molecule has 2 nitrogen and oxygen atoms in total. The minimum atomic E-state index is -0.472. The molecule has 0 spiro atoms. The number of nitrogens with one attached hydrogen (secondary N) is 2. The third-order valence-corrected chi connectivity index (χ3v) is 2.87. The van der Waals surface area contributed by atoms with Crippen LogP contribution in [0.2, 0.25) is 10.0 Å². The van der Waals surface area contributed by atoms with Crippen molar-refractivity contribution in [3.8, 4) is 0 Å². The van der Waals surface area contributed by atoms with Crippen molar-refractivity contribution in [2.24, 2.45) is 0 Å². The van der Waals surface area contributed by atoms with E-state index in [0.717, 1.165) is 11.1 Å². The predicted octanol–water partition coefficient (Wildman–Crippen LogP) is 8.04. The van der Waals surface area contributed by atoms with Crippen LogP contribution in [-0.2, 0) is 16.5 Å². The van der Waals surface area contributed by atoms with Crippen LogP contribution in [0.15, 0.2) is 36.4 Å². The van der Waals surface area contributed by atoms with E-state index >= 15 is 0 Å². The van der Waals surface area contributed by atoms with Gasteiger partial charge in [-0.3, -0.25) is 0 Å². The third kappa shape index (κ3) is 9.50. The van der Waals surface area contributed by atoms with Gasteiger partial charge in [-0.2, -0.15) is 0 Å². The molecule has 0 fully saturated rings. The van der Waals surface area contributed by atoms with E-state index in [1.54, 1.807) is 24.3 Å². The maximum atomic E-state index is 7.18. The second-order valence-electron chi connectivity index (χ2n) is 4.01. The predicted molar refractivity (Wildman–Crippen MR) is 92.0 cm³/mol. The quantitative estimate of drug-likeness (QED) is 0.321. The molecule has 2 N–H and O–H groups in total. The van der Waals surface area contributed by atoms with Crippen LogP contribution in [0, 0.1) is 13.8 Å². The number of benzene rings is 2. The fourth-order valence-corrected chi connectivity index (χ4v) is 1.71. The molecule has 0 saturated carbocycles. The van der Waals surface area contributed by atoms with Gasteiger partial charge in [0.15, 0.2) is 0 Å². The molecule has 0 radical (unpaired) electrons. The topological polar surface area (TPSA) is 47.6 Å². The Labute approximate surface area is 152 Å². The van der Waals surface area contributed by atoms with Gasteiger partial charge in [-0.05, 0) is 37.1 Å². The van der Waals surface area contributed by atoms with Gasteiger partial charge in [0.05, 0.1) is 0 Å². The number of rotatable bonds is 0. The molecule has 0 aliphatic carbocycles. The van der Waals surface area contributed by atoms with Gasteiger partial charge >= 0.3 is 35.3 Å². The third-order valence-electron chi connectivity index (χ3n) is 2.25. The van der Waals surface area contributed by atoms with E-state index in [-0.39, 0.29) is 0 Å². The monoisotopic (exact) mass is 545 g/mol. The fraction of sp³-hybridized carbons (Fsp3) is 0.143. The molecular weight excluding hydrogens is 533 g/mol. The van der Waals surface area contributed by atoms with E-state index in [9.17, 15) is 0 Å². The van der Waals surface area contributed by atoms with Crippen molar-refractivity contribution in [1.82, 2.24) is 0 Å². The van der Waals surface area contributed by atoms with E-state index in [1.165, 1.54) is 0 Å². The van der Waals surface area contributed by atoms with Gasteiger partial charge in [-0.25, -0.2) is 0 Å². The zero-order valence-corrected chi connectivity index (χ0v) is 16.6. The molecule has 0 saturated heterocycles. The van der Waals surface area contributed by atoms with E-state index in [2.05, 4.69) is 0 Å². The first-order valence-electron chi connectivity index (χ1n) is 5.59. The molecule has 0 aromatic heterocycles. The summed E-state index contributed by atoms with van der Waals surface area (Å²) in [5.74, 6) is 0. The van der Waals surface area contributed by atoms with Crippen LogP contribution in [0.5, 0.6) is 0 Å². The maximum absolute atomic E-state index is 7.18. The Morgan fingerprint density at radius 1 is 0.762 bits per heavy atom. The van der Waals surface area contributed by atoms with Crippen LogP contribution in [0.25, 0.3) is 11.5 Å². The van der Waals surface area contributed by atoms with Crippen LogP contribution >= 0.6 is 42.0 Å². The molecule has 2 aromatic rings. The van der Waals surface area contributed by atoms with Crippen LogP contribution in [-0.4, -0.2) is 0 Å². The molecule has 0 unspecified atom stereocenters. The molecule has 2 aromatic carbocycles. The van der Waals surface area contributed by atoms with Crippen molar-refractivity contribution in [2.75, 3.05) is 0 Å². The summed E-state index contributed by atoms with van der Waals surface area (Å²) in [5, 5.41) is 1.05. The van der Waals surface area contributed by atoms with Gasteiger partial charge in [-0.15, -0.1) is 11.4 Å². The number of aryl methyl sites for hydroxylation is 2. The standard InChI is InChI=1S/2C7H7ClN.2ClH.Pt/c2*1-5-2-3-7(9)6(8)4-5;;;/h2*2-4,9H,1H3;2*1H;/q2*-1;;;+4/p-2. The van der Waals surface area contributed by atoms with Crippen molar-refractivity contribution in [1.29, 1.82) is 0 Å². The number of hydrogen-bond donors (Lipinski definition) is 0. The molecule has 0 heterocycles. The molecule has 0 aliphatic heterocycles. The van der Waals surface area contributed by atoms with E-state index in [0.29, 0.717) is 21.4 Å². The van der Waals surface area contributed by atoms with Gasteiger partial charge in [0.1, 0.15) is 0 Å². The molecule has 0 amide bonds. The van der Waals surface area contributed by atoms with E-state index in [4.69, 9.17) is 53.5 Å². The van der Waals surface area contributed by atoms with Crippen molar-refractivity contribution < 1.29 is 16.5 Å².